The van der Waals surface area contributed by atoms with Gasteiger partial charge in [-0.1, -0.05) is 19.4 Å². The third-order valence-corrected chi connectivity index (χ3v) is 4.12. The van der Waals surface area contributed by atoms with E-state index in [9.17, 15) is 8.42 Å². The van der Waals surface area contributed by atoms with Gasteiger partial charge < -0.3 is 4.18 Å². The third-order valence-electron chi connectivity index (χ3n) is 2.97. The number of aromatic nitrogens is 2. The van der Waals surface area contributed by atoms with Crippen LogP contribution in [0.3, 0.4) is 0 Å². The summed E-state index contributed by atoms with van der Waals surface area (Å²) in [6.07, 6.45) is 5.08. The first-order valence-corrected chi connectivity index (χ1v) is 8.46. The normalized spacial score (nSPS) is 11.3. The fraction of sp³-hybridized carbons (Fsp3) is 0.333. The van der Waals surface area contributed by atoms with Crippen molar-refractivity contribution in [2.75, 3.05) is 5.75 Å². The van der Waals surface area contributed by atoms with E-state index in [-0.39, 0.29) is 11.5 Å². The zero-order valence-corrected chi connectivity index (χ0v) is 12.9. The second kappa shape index (κ2) is 6.67. The van der Waals surface area contributed by atoms with Gasteiger partial charge in [0.2, 0.25) is 0 Å². The highest BCUT2D eigenvalue weighted by Crippen LogP contribution is 2.22. The van der Waals surface area contributed by atoms with Crippen LogP contribution in [0, 0.1) is 0 Å². The minimum atomic E-state index is -3.52. The number of pyridine rings is 2. The van der Waals surface area contributed by atoms with Crippen molar-refractivity contribution in [3.8, 4) is 17.1 Å². The SMILES string of the molecule is CCCc1cccnc1-c1ccc(OS(=O)(=O)CC)cn1. The van der Waals surface area contributed by atoms with Crippen LogP contribution in [-0.4, -0.2) is 24.1 Å². The van der Waals surface area contributed by atoms with Gasteiger partial charge in [-0.15, -0.1) is 0 Å². The lowest BCUT2D eigenvalue weighted by atomic mass is 10.1. The first kappa shape index (κ1) is 15.4. The van der Waals surface area contributed by atoms with Crippen molar-refractivity contribution in [3.05, 3.63) is 42.2 Å². The number of nitrogens with zero attached hydrogens (tertiary/aromatic N) is 2. The maximum atomic E-state index is 11.4. The maximum Gasteiger partial charge on any atom is 0.308 e. The Bertz CT molecular complexity index is 697. The average Bonchev–Trinajstić information content (AvgIpc) is 2.49. The summed E-state index contributed by atoms with van der Waals surface area (Å²) in [7, 11) is -3.52. The minimum Gasteiger partial charge on any atom is -0.381 e. The first-order valence-electron chi connectivity index (χ1n) is 6.88. The van der Waals surface area contributed by atoms with Gasteiger partial charge in [0.05, 0.1) is 23.3 Å². The highest BCUT2D eigenvalue weighted by atomic mass is 32.2. The van der Waals surface area contributed by atoms with Crippen LogP contribution in [0.5, 0.6) is 5.75 Å². The van der Waals surface area contributed by atoms with Gasteiger partial charge in [-0.2, -0.15) is 8.42 Å². The molecule has 0 saturated carbocycles. The Labute approximate surface area is 125 Å². The van der Waals surface area contributed by atoms with Crippen LogP contribution in [0.15, 0.2) is 36.7 Å². The average molecular weight is 306 g/mol. The lowest BCUT2D eigenvalue weighted by molar-refractivity contribution is 0.486. The molecular formula is C15H18N2O3S. The highest BCUT2D eigenvalue weighted by molar-refractivity contribution is 7.87. The van der Waals surface area contributed by atoms with E-state index in [1.165, 1.54) is 13.1 Å². The van der Waals surface area contributed by atoms with Crippen molar-refractivity contribution in [2.24, 2.45) is 0 Å². The largest absolute Gasteiger partial charge is 0.381 e. The number of aryl methyl sites for hydroxylation is 1. The van der Waals surface area contributed by atoms with Gasteiger partial charge in [0.25, 0.3) is 0 Å². The summed E-state index contributed by atoms with van der Waals surface area (Å²) < 4.78 is 27.7. The highest BCUT2D eigenvalue weighted by Gasteiger charge is 2.11. The van der Waals surface area contributed by atoms with Gasteiger partial charge in [0.15, 0.2) is 5.75 Å². The summed E-state index contributed by atoms with van der Waals surface area (Å²) in [5, 5.41) is 0. The fourth-order valence-corrected chi connectivity index (χ4v) is 2.43. The van der Waals surface area contributed by atoms with Crippen molar-refractivity contribution < 1.29 is 12.6 Å². The van der Waals surface area contributed by atoms with E-state index in [4.69, 9.17) is 4.18 Å². The van der Waals surface area contributed by atoms with Gasteiger partial charge in [-0.25, -0.2) is 0 Å². The quantitative estimate of drug-likeness (QED) is 0.768. The Hall–Kier alpha value is -1.95. The Morgan fingerprint density at radius 1 is 1.14 bits per heavy atom. The van der Waals surface area contributed by atoms with Gasteiger partial charge in [-0.05, 0) is 37.1 Å². The molecule has 2 aromatic heterocycles. The molecule has 0 bridgehead atoms. The van der Waals surface area contributed by atoms with Crippen LogP contribution in [-0.2, 0) is 16.5 Å². The molecular weight excluding hydrogens is 288 g/mol. The molecule has 6 heteroatoms. The molecule has 0 radical (unpaired) electrons. The minimum absolute atomic E-state index is 0.0738. The summed E-state index contributed by atoms with van der Waals surface area (Å²) in [6, 6.07) is 7.25. The Balaban J connectivity index is 2.27. The van der Waals surface area contributed by atoms with Crippen LogP contribution in [0.4, 0.5) is 0 Å². The number of hydrogen-bond acceptors (Lipinski definition) is 5. The van der Waals surface area contributed by atoms with Gasteiger partial charge in [-0.3, -0.25) is 9.97 Å². The molecule has 0 aromatic carbocycles. The molecule has 0 spiro atoms. The maximum absolute atomic E-state index is 11.4. The molecule has 0 aliphatic carbocycles. The van der Waals surface area contributed by atoms with Gasteiger partial charge in [0.1, 0.15) is 0 Å². The predicted octanol–water partition coefficient (Wildman–Crippen LogP) is 2.82. The van der Waals surface area contributed by atoms with Crippen molar-refractivity contribution in [3.63, 3.8) is 0 Å². The molecule has 0 aliphatic rings. The summed E-state index contributed by atoms with van der Waals surface area (Å²) in [4.78, 5) is 8.62. The first-order chi connectivity index (χ1) is 10.1. The number of rotatable bonds is 6. The van der Waals surface area contributed by atoms with E-state index in [2.05, 4.69) is 16.9 Å². The zero-order valence-electron chi connectivity index (χ0n) is 12.1. The molecule has 5 nitrogen and oxygen atoms in total. The zero-order chi connectivity index (χ0) is 15.3. The Kier molecular flexibility index (Phi) is 4.90. The lowest BCUT2D eigenvalue weighted by Crippen LogP contribution is -2.11. The summed E-state index contributed by atoms with van der Waals surface area (Å²) in [5.41, 5.74) is 2.66. The van der Waals surface area contributed by atoms with E-state index in [1.807, 2.05) is 12.1 Å². The van der Waals surface area contributed by atoms with Crippen molar-refractivity contribution in [1.82, 2.24) is 9.97 Å². The third kappa shape index (κ3) is 4.01. The van der Waals surface area contributed by atoms with E-state index in [1.54, 1.807) is 18.3 Å². The van der Waals surface area contributed by atoms with Crippen molar-refractivity contribution >= 4 is 10.1 Å². The predicted molar refractivity (Wildman–Crippen MR) is 81.6 cm³/mol. The van der Waals surface area contributed by atoms with E-state index in [0.29, 0.717) is 5.69 Å². The summed E-state index contributed by atoms with van der Waals surface area (Å²) in [5.74, 6) is 0.143. The van der Waals surface area contributed by atoms with Crippen molar-refractivity contribution in [1.29, 1.82) is 0 Å². The van der Waals surface area contributed by atoms with Gasteiger partial charge >= 0.3 is 10.1 Å². The fourth-order valence-electron chi connectivity index (χ4n) is 1.92. The second-order valence-corrected chi connectivity index (χ2v) is 6.43. The summed E-state index contributed by atoms with van der Waals surface area (Å²) in [6.45, 7) is 3.64. The molecule has 0 aliphatic heterocycles. The Morgan fingerprint density at radius 2 is 1.95 bits per heavy atom. The molecule has 0 atom stereocenters. The van der Waals surface area contributed by atoms with E-state index >= 15 is 0 Å². The topological polar surface area (TPSA) is 69.2 Å². The van der Waals surface area contributed by atoms with Crippen LogP contribution >= 0.6 is 0 Å². The molecule has 2 heterocycles. The van der Waals surface area contributed by atoms with E-state index in [0.717, 1.165) is 24.1 Å². The smallest absolute Gasteiger partial charge is 0.308 e. The molecule has 21 heavy (non-hydrogen) atoms. The van der Waals surface area contributed by atoms with Gasteiger partial charge in [0, 0.05) is 6.20 Å². The summed E-state index contributed by atoms with van der Waals surface area (Å²) >= 11 is 0. The Morgan fingerprint density at radius 3 is 2.57 bits per heavy atom. The van der Waals surface area contributed by atoms with Crippen LogP contribution < -0.4 is 4.18 Å². The van der Waals surface area contributed by atoms with Crippen LogP contribution in [0.2, 0.25) is 0 Å². The van der Waals surface area contributed by atoms with Crippen molar-refractivity contribution in [2.45, 2.75) is 26.7 Å². The van der Waals surface area contributed by atoms with E-state index < -0.39 is 10.1 Å². The molecule has 0 fully saturated rings. The molecule has 0 N–H and O–H groups in total. The second-order valence-electron chi connectivity index (χ2n) is 4.57. The van der Waals surface area contributed by atoms with Crippen LogP contribution in [0.1, 0.15) is 25.8 Å². The lowest BCUT2D eigenvalue weighted by Gasteiger charge is -2.08. The monoisotopic (exact) mass is 306 g/mol. The molecule has 0 unspecified atom stereocenters. The molecule has 0 amide bonds. The molecule has 112 valence electrons. The molecule has 2 rings (SSSR count). The molecule has 0 saturated heterocycles. The standard InChI is InChI=1S/C15H18N2O3S/c1-3-6-12-7-5-10-16-15(12)14-9-8-13(11-17-14)20-21(18,19)4-2/h5,7-11H,3-4,6H2,1-2H3. The van der Waals surface area contributed by atoms with Crippen LogP contribution in [0.25, 0.3) is 11.4 Å². The molecule has 2 aromatic rings. The number of hydrogen-bond donors (Lipinski definition) is 0.